The quantitative estimate of drug-likeness (QED) is 0.796. The van der Waals surface area contributed by atoms with Crippen LogP contribution in [0.4, 0.5) is 0 Å². The van der Waals surface area contributed by atoms with Crippen molar-refractivity contribution in [2.24, 2.45) is 11.3 Å². The van der Waals surface area contributed by atoms with Crippen LogP contribution in [0.3, 0.4) is 0 Å². The van der Waals surface area contributed by atoms with Gasteiger partial charge in [0.05, 0.1) is 12.6 Å². The number of nitrogens with one attached hydrogen (secondary N) is 1. The van der Waals surface area contributed by atoms with Gasteiger partial charge >= 0.3 is 0 Å². The Morgan fingerprint density at radius 3 is 2.56 bits per heavy atom. The van der Waals surface area contributed by atoms with E-state index in [1.54, 1.807) is 7.11 Å². The van der Waals surface area contributed by atoms with Gasteiger partial charge in [0.15, 0.2) is 0 Å². The fourth-order valence-electron chi connectivity index (χ4n) is 3.04. The second-order valence-electron chi connectivity index (χ2n) is 5.94. The van der Waals surface area contributed by atoms with Crippen LogP contribution in [0.25, 0.3) is 0 Å². The summed E-state index contributed by atoms with van der Waals surface area (Å²) in [5.74, 6) is 1.02. The van der Waals surface area contributed by atoms with Crippen LogP contribution in [0, 0.1) is 11.3 Å². The summed E-state index contributed by atoms with van der Waals surface area (Å²) in [5, 5.41) is 3.74. The molecule has 2 aliphatic rings. The molecule has 0 amide bonds. The van der Waals surface area contributed by atoms with Crippen molar-refractivity contribution in [1.29, 1.82) is 0 Å². The molecule has 2 nitrogen and oxygen atoms in total. The molecule has 1 atom stereocenters. The zero-order valence-electron chi connectivity index (χ0n) is 11.2. The molecular formula is C16H23NO. The molecule has 1 unspecified atom stereocenters. The summed E-state index contributed by atoms with van der Waals surface area (Å²) in [5.41, 5.74) is 1.99. The van der Waals surface area contributed by atoms with Gasteiger partial charge in [-0.25, -0.2) is 0 Å². The van der Waals surface area contributed by atoms with Crippen molar-refractivity contribution in [3.8, 4) is 0 Å². The molecule has 0 heterocycles. The number of rotatable bonds is 7. The molecular weight excluding hydrogens is 222 g/mol. The zero-order valence-corrected chi connectivity index (χ0v) is 11.2. The number of hydrogen-bond acceptors (Lipinski definition) is 2. The number of ether oxygens (including phenoxy) is 1. The Bertz CT molecular complexity index is 381. The third-order valence-corrected chi connectivity index (χ3v) is 4.57. The van der Waals surface area contributed by atoms with E-state index in [9.17, 15) is 0 Å². The summed E-state index contributed by atoms with van der Waals surface area (Å²) in [6, 6.07) is 11.0. The molecule has 0 bridgehead atoms. The highest BCUT2D eigenvalue weighted by Gasteiger charge is 2.53. The molecule has 1 aromatic rings. The molecule has 0 spiro atoms. The summed E-state index contributed by atoms with van der Waals surface area (Å²) >= 11 is 0. The highest BCUT2D eigenvalue weighted by molar-refractivity contribution is 5.19. The standard InChI is InChI=1S/C16H23NO/c1-18-11-15(13-5-3-2-4-6-13)17-12-16(9-10-16)14-7-8-14/h2-6,14-15,17H,7-12H2,1H3. The molecule has 2 heteroatoms. The Morgan fingerprint density at radius 1 is 1.28 bits per heavy atom. The summed E-state index contributed by atoms with van der Waals surface area (Å²) in [7, 11) is 1.78. The Hall–Kier alpha value is -0.860. The molecule has 2 fully saturated rings. The van der Waals surface area contributed by atoms with Gasteiger partial charge in [0.2, 0.25) is 0 Å². The lowest BCUT2D eigenvalue weighted by Gasteiger charge is -2.22. The highest BCUT2D eigenvalue weighted by Crippen LogP contribution is 2.60. The lowest BCUT2D eigenvalue weighted by molar-refractivity contribution is 0.162. The lowest BCUT2D eigenvalue weighted by Crippen LogP contribution is -2.31. The molecule has 0 saturated heterocycles. The van der Waals surface area contributed by atoms with Crippen LogP contribution in [-0.2, 0) is 4.74 Å². The van der Waals surface area contributed by atoms with E-state index in [2.05, 4.69) is 35.6 Å². The van der Waals surface area contributed by atoms with Crippen LogP contribution < -0.4 is 5.32 Å². The van der Waals surface area contributed by atoms with Gasteiger partial charge in [-0.15, -0.1) is 0 Å². The third kappa shape index (κ3) is 2.60. The van der Waals surface area contributed by atoms with E-state index < -0.39 is 0 Å². The van der Waals surface area contributed by atoms with Crippen molar-refractivity contribution in [1.82, 2.24) is 5.32 Å². The van der Waals surface area contributed by atoms with Crippen LogP contribution in [0.2, 0.25) is 0 Å². The summed E-state index contributed by atoms with van der Waals surface area (Å²) < 4.78 is 5.36. The van der Waals surface area contributed by atoms with Crippen molar-refractivity contribution in [2.75, 3.05) is 20.3 Å². The Balaban J connectivity index is 1.60. The largest absolute Gasteiger partial charge is 0.383 e. The van der Waals surface area contributed by atoms with E-state index in [1.165, 1.54) is 37.8 Å². The van der Waals surface area contributed by atoms with Crippen molar-refractivity contribution in [2.45, 2.75) is 31.7 Å². The summed E-state index contributed by atoms with van der Waals surface area (Å²) in [6.45, 7) is 1.92. The molecule has 1 N–H and O–H groups in total. The van der Waals surface area contributed by atoms with Gasteiger partial charge in [-0.1, -0.05) is 30.3 Å². The zero-order chi connectivity index (χ0) is 12.4. The average molecular weight is 245 g/mol. The minimum absolute atomic E-state index is 0.340. The van der Waals surface area contributed by atoms with Crippen molar-refractivity contribution < 1.29 is 4.74 Å². The first-order valence-corrected chi connectivity index (χ1v) is 7.11. The predicted molar refractivity (Wildman–Crippen MR) is 73.5 cm³/mol. The second kappa shape index (κ2) is 5.02. The normalized spacial score (nSPS) is 22.7. The average Bonchev–Trinajstić information content (AvgIpc) is 3.28. The van der Waals surface area contributed by atoms with E-state index in [1.807, 2.05) is 0 Å². The minimum atomic E-state index is 0.340. The lowest BCUT2D eigenvalue weighted by atomic mass is 9.99. The van der Waals surface area contributed by atoms with Gasteiger partial charge in [-0.3, -0.25) is 0 Å². The van der Waals surface area contributed by atoms with Gasteiger partial charge in [0.25, 0.3) is 0 Å². The molecule has 18 heavy (non-hydrogen) atoms. The fourth-order valence-corrected chi connectivity index (χ4v) is 3.04. The van der Waals surface area contributed by atoms with Crippen LogP contribution in [-0.4, -0.2) is 20.3 Å². The van der Waals surface area contributed by atoms with Gasteiger partial charge < -0.3 is 10.1 Å². The Labute approximate surface area is 110 Å². The monoisotopic (exact) mass is 245 g/mol. The molecule has 0 aromatic heterocycles. The third-order valence-electron chi connectivity index (χ3n) is 4.57. The summed E-state index contributed by atoms with van der Waals surface area (Å²) in [4.78, 5) is 0. The maximum atomic E-state index is 5.36. The molecule has 0 radical (unpaired) electrons. The Morgan fingerprint density at radius 2 is 2.00 bits per heavy atom. The molecule has 0 aliphatic heterocycles. The first kappa shape index (κ1) is 12.2. The number of methoxy groups -OCH3 is 1. The second-order valence-corrected chi connectivity index (χ2v) is 5.94. The van der Waals surface area contributed by atoms with Crippen molar-refractivity contribution in [3.05, 3.63) is 35.9 Å². The van der Waals surface area contributed by atoms with E-state index >= 15 is 0 Å². The van der Waals surface area contributed by atoms with E-state index in [0.717, 1.165) is 12.5 Å². The maximum Gasteiger partial charge on any atom is 0.0657 e. The van der Waals surface area contributed by atoms with Gasteiger partial charge in [-0.2, -0.15) is 0 Å². The van der Waals surface area contributed by atoms with Crippen LogP contribution in [0.15, 0.2) is 30.3 Å². The van der Waals surface area contributed by atoms with Crippen LogP contribution in [0.1, 0.15) is 37.3 Å². The molecule has 3 rings (SSSR count). The van der Waals surface area contributed by atoms with E-state index in [0.29, 0.717) is 11.5 Å². The van der Waals surface area contributed by atoms with Crippen LogP contribution >= 0.6 is 0 Å². The number of benzene rings is 1. The molecule has 98 valence electrons. The van der Waals surface area contributed by atoms with E-state index in [4.69, 9.17) is 4.74 Å². The summed E-state index contributed by atoms with van der Waals surface area (Å²) in [6.07, 6.45) is 5.78. The maximum absolute atomic E-state index is 5.36. The van der Waals surface area contributed by atoms with Crippen molar-refractivity contribution >= 4 is 0 Å². The van der Waals surface area contributed by atoms with Crippen LogP contribution in [0.5, 0.6) is 0 Å². The minimum Gasteiger partial charge on any atom is -0.383 e. The SMILES string of the molecule is COCC(NCC1(C2CC2)CC1)c1ccccc1. The first-order valence-electron chi connectivity index (χ1n) is 7.11. The first-order chi connectivity index (χ1) is 8.84. The van der Waals surface area contributed by atoms with E-state index in [-0.39, 0.29) is 0 Å². The molecule has 1 aromatic carbocycles. The molecule has 2 aliphatic carbocycles. The predicted octanol–water partition coefficient (Wildman–Crippen LogP) is 3.15. The van der Waals surface area contributed by atoms with Gasteiger partial charge in [0.1, 0.15) is 0 Å². The smallest absolute Gasteiger partial charge is 0.0657 e. The molecule has 2 saturated carbocycles. The number of hydrogen-bond donors (Lipinski definition) is 1. The Kier molecular flexibility index (Phi) is 3.40. The van der Waals surface area contributed by atoms with Crippen molar-refractivity contribution in [3.63, 3.8) is 0 Å². The topological polar surface area (TPSA) is 21.3 Å². The van der Waals surface area contributed by atoms with Gasteiger partial charge in [-0.05, 0) is 42.6 Å². The fraction of sp³-hybridized carbons (Fsp3) is 0.625. The highest BCUT2D eigenvalue weighted by atomic mass is 16.5. The van der Waals surface area contributed by atoms with Gasteiger partial charge in [0, 0.05) is 13.7 Å².